The summed E-state index contributed by atoms with van der Waals surface area (Å²) in [6.45, 7) is 3.98. The lowest BCUT2D eigenvalue weighted by Gasteiger charge is -2.20. The van der Waals surface area contributed by atoms with Crippen molar-refractivity contribution in [3.8, 4) is 5.75 Å². The van der Waals surface area contributed by atoms with Crippen molar-refractivity contribution in [1.82, 2.24) is 5.32 Å². The molecule has 3 aromatic carbocycles. The van der Waals surface area contributed by atoms with Crippen LogP contribution in [0, 0.1) is 0 Å². The predicted molar refractivity (Wildman–Crippen MR) is 135 cm³/mol. The van der Waals surface area contributed by atoms with Crippen LogP contribution in [0.4, 0.5) is 5.69 Å². The van der Waals surface area contributed by atoms with E-state index in [1.54, 1.807) is 43.3 Å². The standard InChI is InChI=1S/C28H30N2O4/c1-19(17-21-7-4-3-5-8-21)28(34)30-24-10-6-9-23(18-24)26(32)15-16-29-20(2)27(33)22-11-13-25(31)14-12-22/h3-14,17-18,20,27,29,31,33H,15-16H2,1-2H3,(H,30,34)/b19-17+. The van der Waals surface area contributed by atoms with Crippen LogP contribution >= 0.6 is 0 Å². The van der Waals surface area contributed by atoms with Crippen molar-refractivity contribution in [2.24, 2.45) is 0 Å². The highest BCUT2D eigenvalue weighted by Gasteiger charge is 2.16. The molecule has 176 valence electrons. The molecule has 2 atom stereocenters. The van der Waals surface area contributed by atoms with Gasteiger partial charge in [-0.15, -0.1) is 0 Å². The molecule has 0 radical (unpaired) electrons. The van der Waals surface area contributed by atoms with E-state index in [1.165, 1.54) is 12.1 Å². The van der Waals surface area contributed by atoms with Crippen LogP contribution in [0.2, 0.25) is 0 Å². The van der Waals surface area contributed by atoms with Crippen molar-refractivity contribution in [3.63, 3.8) is 0 Å². The summed E-state index contributed by atoms with van der Waals surface area (Å²) in [4.78, 5) is 25.2. The Morgan fingerprint density at radius 2 is 1.68 bits per heavy atom. The molecule has 0 aliphatic heterocycles. The van der Waals surface area contributed by atoms with E-state index >= 15 is 0 Å². The number of hydrogen-bond acceptors (Lipinski definition) is 5. The number of hydrogen-bond donors (Lipinski definition) is 4. The minimum Gasteiger partial charge on any atom is -0.508 e. The highest BCUT2D eigenvalue weighted by Crippen LogP contribution is 2.20. The third-order valence-electron chi connectivity index (χ3n) is 5.51. The maximum Gasteiger partial charge on any atom is 0.251 e. The topological polar surface area (TPSA) is 98.7 Å². The van der Waals surface area contributed by atoms with Gasteiger partial charge < -0.3 is 20.8 Å². The summed E-state index contributed by atoms with van der Waals surface area (Å²) in [6, 6.07) is 22.6. The molecule has 3 aromatic rings. The summed E-state index contributed by atoms with van der Waals surface area (Å²) in [6.07, 6.45) is 1.29. The van der Waals surface area contributed by atoms with E-state index in [0.29, 0.717) is 28.9 Å². The number of carbonyl (C=O) groups excluding carboxylic acids is 2. The van der Waals surface area contributed by atoms with Crippen LogP contribution in [-0.2, 0) is 4.79 Å². The monoisotopic (exact) mass is 458 g/mol. The van der Waals surface area contributed by atoms with E-state index in [2.05, 4.69) is 10.6 Å². The Kier molecular flexibility index (Phi) is 8.73. The van der Waals surface area contributed by atoms with Crippen LogP contribution in [0.25, 0.3) is 6.08 Å². The zero-order valence-corrected chi connectivity index (χ0v) is 19.4. The van der Waals surface area contributed by atoms with Crippen molar-refractivity contribution >= 4 is 23.5 Å². The third kappa shape index (κ3) is 7.13. The van der Waals surface area contributed by atoms with Gasteiger partial charge in [-0.1, -0.05) is 54.6 Å². The van der Waals surface area contributed by atoms with E-state index in [0.717, 1.165) is 5.56 Å². The minimum atomic E-state index is -0.763. The molecular weight excluding hydrogens is 428 g/mol. The molecule has 3 rings (SSSR count). The molecule has 1 amide bonds. The Morgan fingerprint density at radius 1 is 0.971 bits per heavy atom. The van der Waals surface area contributed by atoms with Gasteiger partial charge in [0.15, 0.2) is 5.78 Å². The molecule has 0 fully saturated rings. The lowest BCUT2D eigenvalue weighted by atomic mass is 10.0. The largest absolute Gasteiger partial charge is 0.508 e. The number of aliphatic hydroxyl groups is 1. The lowest BCUT2D eigenvalue weighted by Crippen LogP contribution is -2.33. The second-order valence-electron chi connectivity index (χ2n) is 8.23. The molecule has 34 heavy (non-hydrogen) atoms. The molecule has 0 aliphatic carbocycles. The lowest BCUT2D eigenvalue weighted by molar-refractivity contribution is -0.112. The SMILES string of the molecule is C/C(=C\c1ccccc1)C(=O)Nc1cccc(C(=O)CCNC(C)C(O)c2ccc(O)cc2)c1. The van der Waals surface area contributed by atoms with Crippen molar-refractivity contribution in [2.75, 3.05) is 11.9 Å². The fourth-order valence-corrected chi connectivity index (χ4v) is 3.49. The molecule has 0 saturated carbocycles. The number of carbonyl (C=O) groups is 2. The number of ketones is 1. The van der Waals surface area contributed by atoms with E-state index in [-0.39, 0.29) is 29.9 Å². The molecule has 0 spiro atoms. The van der Waals surface area contributed by atoms with Crippen LogP contribution in [-0.4, -0.2) is 34.5 Å². The van der Waals surface area contributed by atoms with Crippen LogP contribution < -0.4 is 10.6 Å². The summed E-state index contributed by atoms with van der Waals surface area (Å²) in [5.74, 6) is -0.151. The van der Waals surface area contributed by atoms with E-state index in [9.17, 15) is 19.8 Å². The Bertz CT molecular complexity index is 1140. The van der Waals surface area contributed by atoms with Crippen LogP contribution in [0.15, 0.2) is 84.4 Å². The van der Waals surface area contributed by atoms with Gasteiger partial charge in [0.1, 0.15) is 5.75 Å². The molecule has 6 nitrogen and oxygen atoms in total. The molecule has 0 saturated heterocycles. The number of amides is 1. The number of benzene rings is 3. The number of phenolic OH excluding ortho intramolecular Hbond substituents is 1. The molecule has 4 N–H and O–H groups in total. The number of aliphatic hydroxyl groups excluding tert-OH is 1. The number of rotatable bonds is 10. The van der Waals surface area contributed by atoms with Gasteiger partial charge in [-0.25, -0.2) is 0 Å². The average Bonchev–Trinajstić information content (AvgIpc) is 2.84. The molecule has 0 bridgehead atoms. The van der Waals surface area contributed by atoms with Crippen molar-refractivity contribution < 1.29 is 19.8 Å². The fourth-order valence-electron chi connectivity index (χ4n) is 3.49. The maximum atomic E-state index is 12.7. The first kappa shape index (κ1) is 24.9. The van der Waals surface area contributed by atoms with Crippen LogP contribution in [0.3, 0.4) is 0 Å². The predicted octanol–water partition coefficient (Wildman–Crippen LogP) is 4.72. The number of aromatic hydroxyl groups is 1. The maximum absolute atomic E-state index is 12.7. The third-order valence-corrected chi connectivity index (χ3v) is 5.51. The quantitative estimate of drug-likeness (QED) is 0.260. The number of Topliss-reactive ketones (excluding diaryl/α,β-unsaturated/α-hetero) is 1. The van der Waals surface area contributed by atoms with Gasteiger partial charge in [0, 0.05) is 35.8 Å². The van der Waals surface area contributed by atoms with Gasteiger partial charge in [0.25, 0.3) is 5.91 Å². The van der Waals surface area contributed by atoms with Crippen molar-refractivity contribution in [3.05, 3.63) is 101 Å². The summed E-state index contributed by atoms with van der Waals surface area (Å²) in [5.41, 5.74) is 3.26. The van der Waals surface area contributed by atoms with E-state index in [1.807, 2.05) is 43.3 Å². The normalized spacial score (nSPS) is 13.2. The Morgan fingerprint density at radius 3 is 2.38 bits per heavy atom. The first-order chi connectivity index (χ1) is 16.3. The highest BCUT2D eigenvalue weighted by atomic mass is 16.3. The van der Waals surface area contributed by atoms with E-state index < -0.39 is 6.10 Å². The van der Waals surface area contributed by atoms with Gasteiger partial charge in [0.05, 0.1) is 6.10 Å². The Labute approximate surface area is 200 Å². The summed E-state index contributed by atoms with van der Waals surface area (Å²) in [7, 11) is 0. The average molecular weight is 459 g/mol. The number of phenols is 1. The zero-order valence-electron chi connectivity index (χ0n) is 19.4. The van der Waals surface area contributed by atoms with Gasteiger partial charge in [-0.05, 0) is 55.3 Å². The first-order valence-electron chi connectivity index (χ1n) is 11.2. The highest BCUT2D eigenvalue weighted by molar-refractivity contribution is 6.07. The zero-order chi connectivity index (χ0) is 24.5. The molecule has 6 heteroatoms. The van der Waals surface area contributed by atoms with E-state index in [4.69, 9.17) is 0 Å². The van der Waals surface area contributed by atoms with Gasteiger partial charge in [0.2, 0.25) is 0 Å². The van der Waals surface area contributed by atoms with Gasteiger partial charge in [-0.2, -0.15) is 0 Å². The number of anilines is 1. The molecule has 0 heterocycles. The smallest absolute Gasteiger partial charge is 0.251 e. The summed E-state index contributed by atoms with van der Waals surface area (Å²) >= 11 is 0. The Balaban J connectivity index is 1.52. The van der Waals surface area contributed by atoms with Crippen molar-refractivity contribution in [1.29, 1.82) is 0 Å². The number of nitrogens with one attached hydrogen (secondary N) is 2. The second-order valence-corrected chi connectivity index (χ2v) is 8.23. The second kappa shape index (κ2) is 11.9. The molecule has 0 aliphatic rings. The molecular formula is C28H30N2O4. The summed E-state index contributed by atoms with van der Waals surface area (Å²) in [5, 5.41) is 25.8. The first-order valence-corrected chi connectivity index (χ1v) is 11.2. The molecule has 2 unspecified atom stereocenters. The van der Waals surface area contributed by atoms with Crippen LogP contribution in [0.1, 0.15) is 47.9 Å². The van der Waals surface area contributed by atoms with Crippen molar-refractivity contribution in [2.45, 2.75) is 32.4 Å². The van der Waals surface area contributed by atoms with Gasteiger partial charge >= 0.3 is 0 Å². The summed E-state index contributed by atoms with van der Waals surface area (Å²) < 4.78 is 0. The minimum absolute atomic E-state index is 0.0635. The van der Waals surface area contributed by atoms with Crippen LogP contribution in [0.5, 0.6) is 5.75 Å². The Hall–Kier alpha value is -3.74. The molecule has 0 aromatic heterocycles. The fraction of sp³-hybridized carbons (Fsp3) is 0.214. The van der Waals surface area contributed by atoms with Gasteiger partial charge in [-0.3, -0.25) is 9.59 Å².